The second-order valence-electron chi connectivity index (χ2n) is 21.3. The molecule has 0 saturated heterocycles. The fourth-order valence-electron chi connectivity index (χ4n) is 9.43. The molecule has 0 bridgehead atoms. The maximum absolute atomic E-state index is 11.7. The van der Waals surface area contributed by atoms with Crippen molar-refractivity contribution in [1.82, 2.24) is 0 Å². The van der Waals surface area contributed by atoms with Crippen LogP contribution in [-0.4, -0.2) is 98.2 Å². The van der Waals surface area contributed by atoms with E-state index >= 15 is 0 Å². The molecule has 0 amide bonds. The average molecular weight is 1130 g/mol. The van der Waals surface area contributed by atoms with Gasteiger partial charge in [0.1, 0.15) is 23.4 Å². The zero-order chi connectivity index (χ0) is 58.2. The Labute approximate surface area is 489 Å². The largest absolute Gasteiger partial charge is 0.494 e. The van der Waals surface area contributed by atoms with Crippen LogP contribution in [0.4, 0.5) is 0 Å². The first kappa shape index (κ1) is 69.8. The Balaban J connectivity index is 1.18. The highest BCUT2D eigenvalue weighted by Crippen LogP contribution is 2.23. The predicted octanol–water partition coefficient (Wildman–Crippen LogP) is 16.9. The molecule has 452 valence electrons. The number of hydrogen-bond donors (Lipinski definition) is 0. The summed E-state index contributed by atoms with van der Waals surface area (Å²) >= 11 is 0. The molecule has 0 aliphatic carbocycles. The quantitative estimate of drug-likeness (QED) is 0.0230. The van der Waals surface area contributed by atoms with E-state index in [9.17, 15) is 14.4 Å². The number of esters is 3. The van der Waals surface area contributed by atoms with E-state index in [1.54, 1.807) is 0 Å². The highest BCUT2D eigenvalue weighted by atomic mass is 16.6. The molecule has 3 aromatic rings. The Morgan fingerprint density at radius 3 is 0.753 bits per heavy atom. The molecule has 0 fully saturated rings. The van der Waals surface area contributed by atoms with Gasteiger partial charge in [0, 0.05) is 19.8 Å². The minimum atomic E-state index is -0.422. The third kappa shape index (κ3) is 33.9. The van der Waals surface area contributed by atoms with E-state index in [2.05, 4.69) is 19.7 Å². The van der Waals surface area contributed by atoms with Crippen LogP contribution in [0.1, 0.15) is 209 Å². The van der Waals surface area contributed by atoms with Crippen molar-refractivity contribution in [1.29, 1.82) is 0 Å². The SMILES string of the molecule is C=C(C(=O)OC)c1ccc(OCCCCCCCCCCCCOCC(COCCCCCCCCCCCCOc2ccc(C(=C)C(=O)OC)cc2)OCCCCCCCCCCCCOc2ccc(C(=C)C(=O)OC)cc2)cc1. The number of ether oxygens (including phenoxy) is 9. The average Bonchev–Trinajstić information content (AvgIpc) is 3.52. The van der Waals surface area contributed by atoms with Crippen LogP contribution in [0.15, 0.2) is 92.5 Å². The normalized spacial score (nSPS) is 11.1. The molecule has 0 spiro atoms. The van der Waals surface area contributed by atoms with Crippen molar-refractivity contribution >= 4 is 34.6 Å². The molecular weight excluding hydrogens is 1020 g/mol. The van der Waals surface area contributed by atoms with Gasteiger partial charge in [-0.1, -0.05) is 210 Å². The Hall–Kier alpha value is -5.43. The summed E-state index contributed by atoms with van der Waals surface area (Å²) in [6.07, 6.45) is 36.3. The van der Waals surface area contributed by atoms with Crippen molar-refractivity contribution in [2.75, 3.05) is 74.2 Å². The molecule has 0 aliphatic rings. The van der Waals surface area contributed by atoms with Crippen LogP contribution in [0.25, 0.3) is 16.7 Å². The predicted molar refractivity (Wildman–Crippen MR) is 329 cm³/mol. The standard InChI is InChI=1S/C69H104O12/c1-57(67(70)73-4)60-37-43-63(44-38-60)78-51-33-27-21-15-9-7-13-19-25-31-49-76-55-66(81-54-36-30-24-18-12-11-17-23-29-35-53-80-65-47-41-62(42-48-65)59(3)69(72)75-6)56-77-50-32-26-20-14-8-10-16-22-28-34-52-79-64-45-39-61(40-46-64)58(2)68(71)74-5/h37-48,66H,1-3,7-36,49-56H2,4-6H3. The molecule has 12 heteroatoms. The topological polar surface area (TPSA) is 134 Å². The van der Waals surface area contributed by atoms with Crippen LogP contribution in [-0.2, 0) is 42.8 Å². The van der Waals surface area contributed by atoms with Crippen LogP contribution in [0, 0.1) is 0 Å². The summed E-state index contributed by atoms with van der Waals surface area (Å²) in [5, 5.41) is 0. The molecule has 0 atom stereocenters. The number of methoxy groups -OCH3 is 3. The van der Waals surface area contributed by atoms with E-state index in [0.29, 0.717) is 49.8 Å². The maximum Gasteiger partial charge on any atom is 0.337 e. The maximum atomic E-state index is 11.7. The van der Waals surface area contributed by atoms with Gasteiger partial charge in [0.05, 0.1) is 71.1 Å². The van der Waals surface area contributed by atoms with Gasteiger partial charge in [-0.2, -0.15) is 0 Å². The summed E-state index contributed by atoms with van der Waals surface area (Å²) in [5.41, 5.74) is 3.26. The molecule has 3 aromatic carbocycles. The zero-order valence-electron chi connectivity index (χ0n) is 50.4. The summed E-state index contributed by atoms with van der Waals surface area (Å²) in [5.74, 6) is 1.15. The lowest BCUT2D eigenvalue weighted by molar-refractivity contribution is -0.134. The summed E-state index contributed by atoms with van der Waals surface area (Å²) in [6.45, 7) is 17.0. The van der Waals surface area contributed by atoms with Gasteiger partial charge in [0.2, 0.25) is 0 Å². The molecule has 0 N–H and O–H groups in total. The second-order valence-corrected chi connectivity index (χ2v) is 21.3. The van der Waals surface area contributed by atoms with E-state index in [-0.39, 0.29) is 6.10 Å². The van der Waals surface area contributed by atoms with E-state index < -0.39 is 17.9 Å². The molecule has 0 unspecified atom stereocenters. The Morgan fingerprint density at radius 1 is 0.309 bits per heavy atom. The van der Waals surface area contributed by atoms with E-state index in [4.69, 9.17) is 42.6 Å². The number of carbonyl (C=O) groups is 3. The minimum absolute atomic E-state index is 0.0222. The van der Waals surface area contributed by atoms with Gasteiger partial charge in [0.25, 0.3) is 0 Å². The fraction of sp³-hybridized carbons (Fsp3) is 0.609. The number of benzene rings is 3. The smallest absolute Gasteiger partial charge is 0.337 e. The van der Waals surface area contributed by atoms with Crippen molar-refractivity contribution in [2.24, 2.45) is 0 Å². The number of hydrogen-bond acceptors (Lipinski definition) is 12. The highest BCUT2D eigenvalue weighted by Gasteiger charge is 2.13. The lowest BCUT2D eigenvalue weighted by Crippen LogP contribution is -2.26. The van der Waals surface area contributed by atoms with Crippen molar-refractivity contribution < 1.29 is 57.0 Å². The first-order valence-corrected chi connectivity index (χ1v) is 30.9. The summed E-state index contributed by atoms with van der Waals surface area (Å²) in [7, 11) is 4.08. The summed E-state index contributed by atoms with van der Waals surface area (Å²) in [4.78, 5) is 35.1. The van der Waals surface area contributed by atoms with E-state index in [0.717, 1.165) is 92.3 Å². The van der Waals surface area contributed by atoms with Crippen LogP contribution >= 0.6 is 0 Å². The molecule has 0 aromatic heterocycles. The van der Waals surface area contributed by atoms with Crippen LogP contribution in [0.5, 0.6) is 17.2 Å². The Bertz CT molecular complexity index is 2010. The third-order valence-corrected chi connectivity index (χ3v) is 14.6. The van der Waals surface area contributed by atoms with Crippen LogP contribution in [0.2, 0.25) is 0 Å². The van der Waals surface area contributed by atoms with Gasteiger partial charge in [-0.3, -0.25) is 0 Å². The number of rotatable bonds is 53. The lowest BCUT2D eigenvalue weighted by atomic mass is 10.1. The molecule has 0 radical (unpaired) electrons. The first-order valence-electron chi connectivity index (χ1n) is 30.9. The molecule has 12 nitrogen and oxygen atoms in total. The summed E-state index contributed by atoms with van der Waals surface area (Å²) < 4.78 is 50.7. The zero-order valence-corrected chi connectivity index (χ0v) is 50.4. The van der Waals surface area contributed by atoms with Crippen molar-refractivity contribution in [2.45, 2.75) is 199 Å². The number of unbranched alkanes of at least 4 members (excludes halogenated alkanes) is 27. The molecule has 81 heavy (non-hydrogen) atoms. The van der Waals surface area contributed by atoms with Crippen molar-refractivity contribution in [3.63, 3.8) is 0 Å². The molecule has 0 saturated carbocycles. The summed E-state index contributed by atoms with van der Waals surface area (Å²) in [6, 6.07) is 22.3. The van der Waals surface area contributed by atoms with Crippen LogP contribution in [0.3, 0.4) is 0 Å². The van der Waals surface area contributed by atoms with Gasteiger partial charge in [-0.15, -0.1) is 0 Å². The van der Waals surface area contributed by atoms with Gasteiger partial charge < -0.3 is 42.6 Å². The molecule has 0 heterocycles. The minimum Gasteiger partial charge on any atom is -0.494 e. The van der Waals surface area contributed by atoms with Gasteiger partial charge in [-0.05, 0) is 91.6 Å². The van der Waals surface area contributed by atoms with Crippen LogP contribution < -0.4 is 14.2 Å². The van der Waals surface area contributed by atoms with E-state index in [1.807, 2.05) is 72.8 Å². The third-order valence-electron chi connectivity index (χ3n) is 14.6. The Kier molecular flexibility index (Phi) is 40.6. The highest BCUT2D eigenvalue weighted by molar-refractivity contribution is 6.16. The number of carbonyl (C=O) groups excluding carboxylic acids is 3. The van der Waals surface area contributed by atoms with E-state index in [1.165, 1.54) is 175 Å². The molecule has 3 rings (SSSR count). The second kappa shape index (κ2) is 47.1. The molecular formula is C69H104O12. The monoisotopic (exact) mass is 1120 g/mol. The Morgan fingerprint density at radius 2 is 0.519 bits per heavy atom. The first-order chi connectivity index (χ1) is 39.7. The van der Waals surface area contributed by atoms with Crippen molar-refractivity contribution in [3.05, 3.63) is 109 Å². The lowest BCUT2D eigenvalue weighted by Gasteiger charge is -2.18. The fourth-order valence-corrected chi connectivity index (χ4v) is 9.43. The molecule has 0 aliphatic heterocycles. The van der Waals surface area contributed by atoms with Gasteiger partial charge in [-0.25, -0.2) is 14.4 Å². The van der Waals surface area contributed by atoms with Crippen molar-refractivity contribution in [3.8, 4) is 17.2 Å². The van der Waals surface area contributed by atoms with Gasteiger partial charge >= 0.3 is 17.9 Å². The van der Waals surface area contributed by atoms with Gasteiger partial charge in [0.15, 0.2) is 0 Å².